The molecule has 0 bridgehead atoms. The number of carbonyl (C=O) groups excluding carboxylic acids is 1. The van der Waals surface area contributed by atoms with Gasteiger partial charge in [-0.3, -0.25) is 9.10 Å². The Morgan fingerprint density at radius 3 is 2.65 bits per heavy atom. The maximum Gasteiger partial charge on any atom is 0.240 e. The van der Waals surface area contributed by atoms with Gasteiger partial charge in [0.25, 0.3) is 0 Å². The maximum absolute atomic E-state index is 12.2. The SMILES string of the molecule is CS(=O)(=O)N(CC(=O)NCCCOC1CCCC1)c1cccc(Cl)c1Cl. The molecule has 0 radical (unpaired) electrons. The summed E-state index contributed by atoms with van der Waals surface area (Å²) in [6.07, 6.45) is 6.69. The van der Waals surface area contributed by atoms with Crippen molar-refractivity contribution in [2.45, 2.75) is 38.2 Å². The summed E-state index contributed by atoms with van der Waals surface area (Å²) in [6.45, 7) is 0.648. The van der Waals surface area contributed by atoms with Crippen LogP contribution >= 0.6 is 23.2 Å². The van der Waals surface area contributed by atoms with E-state index in [4.69, 9.17) is 27.9 Å². The van der Waals surface area contributed by atoms with Crippen molar-refractivity contribution in [1.29, 1.82) is 0 Å². The second kappa shape index (κ2) is 9.78. The standard InChI is InChI=1S/C17H24Cl2N2O4S/c1-26(23,24)21(15-9-4-8-14(18)17(15)19)12-16(22)20-10-5-11-25-13-6-2-3-7-13/h4,8-9,13H,2-3,5-7,10-12H2,1H3,(H,20,22). The highest BCUT2D eigenvalue weighted by molar-refractivity contribution is 7.92. The highest BCUT2D eigenvalue weighted by atomic mass is 35.5. The molecule has 0 atom stereocenters. The highest BCUT2D eigenvalue weighted by Crippen LogP contribution is 2.33. The zero-order chi connectivity index (χ0) is 19.2. The van der Waals surface area contributed by atoms with Gasteiger partial charge in [0, 0.05) is 13.2 Å². The Labute approximate surface area is 164 Å². The van der Waals surface area contributed by atoms with Crippen molar-refractivity contribution in [3.63, 3.8) is 0 Å². The van der Waals surface area contributed by atoms with Crippen molar-refractivity contribution in [3.8, 4) is 0 Å². The second-order valence-electron chi connectivity index (χ2n) is 6.32. The molecule has 6 nitrogen and oxygen atoms in total. The molecule has 1 N–H and O–H groups in total. The molecule has 1 aliphatic rings. The topological polar surface area (TPSA) is 75.7 Å². The Kier molecular flexibility index (Phi) is 8.01. The fourth-order valence-electron chi connectivity index (χ4n) is 2.86. The molecular formula is C17H24Cl2N2O4S. The van der Waals surface area contributed by atoms with Crippen LogP contribution in [0.3, 0.4) is 0 Å². The molecule has 1 amide bonds. The number of nitrogens with one attached hydrogen (secondary N) is 1. The summed E-state index contributed by atoms with van der Waals surface area (Å²) >= 11 is 12.0. The first kappa shape index (κ1) is 21.3. The molecule has 2 rings (SSSR count). The zero-order valence-corrected chi connectivity index (χ0v) is 17.0. The molecule has 0 spiro atoms. The Morgan fingerprint density at radius 2 is 2.00 bits per heavy atom. The van der Waals surface area contributed by atoms with Crippen LogP contribution in [-0.4, -0.2) is 46.4 Å². The van der Waals surface area contributed by atoms with Crippen LogP contribution in [0.5, 0.6) is 0 Å². The van der Waals surface area contributed by atoms with E-state index in [0.29, 0.717) is 25.7 Å². The number of hydrogen-bond donors (Lipinski definition) is 1. The first-order valence-electron chi connectivity index (χ1n) is 8.59. The van der Waals surface area contributed by atoms with Gasteiger partial charge in [-0.05, 0) is 31.4 Å². The van der Waals surface area contributed by atoms with Crippen LogP contribution in [0.25, 0.3) is 0 Å². The quantitative estimate of drug-likeness (QED) is 0.619. The lowest BCUT2D eigenvalue weighted by atomic mass is 10.3. The van der Waals surface area contributed by atoms with Crippen molar-refractivity contribution < 1.29 is 17.9 Å². The molecule has 1 fully saturated rings. The maximum atomic E-state index is 12.2. The van der Waals surface area contributed by atoms with E-state index in [9.17, 15) is 13.2 Å². The lowest BCUT2D eigenvalue weighted by Gasteiger charge is -2.23. The minimum Gasteiger partial charge on any atom is -0.378 e. The van der Waals surface area contributed by atoms with Gasteiger partial charge in [-0.1, -0.05) is 42.1 Å². The molecule has 0 aromatic heterocycles. The first-order chi connectivity index (χ1) is 12.3. The molecule has 1 saturated carbocycles. The number of benzene rings is 1. The summed E-state index contributed by atoms with van der Waals surface area (Å²) in [5.74, 6) is -0.410. The molecule has 0 saturated heterocycles. The molecule has 1 aromatic carbocycles. The number of nitrogens with zero attached hydrogens (tertiary/aromatic N) is 1. The fraction of sp³-hybridized carbons (Fsp3) is 0.588. The van der Waals surface area contributed by atoms with E-state index in [2.05, 4.69) is 5.32 Å². The normalized spacial score (nSPS) is 15.2. The Morgan fingerprint density at radius 1 is 1.31 bits per heavy atom. The van der Waals surface area contributed by atoms with Crippen LogP contribution in [0.15, 0.2) is 18.2 Å². The predicted molar refractivity (Wildman–Crippen MR) is 104 cm³/mol. The van der Waals surface area contributed by atoms with Crippen molar-refractivity contribution in [2.24, 2.45) is 0 Å². The second-order valence-corrected chi connectivity index (χ2v) is 9.02. The molecule has 1 aliphatic carbocycles. The zero-order valence-electron chi connectivity index (χ0n) is 14.7. The summed E-state index contributed by atoms with van der Waals surface area (Å²) in [5, 5.41) is 3.03. The number of ether oxygens (including phenoxy) is 1. The van der Waals surface area contributed by atoms with Crippen LogP contribution in [0, 0.1) is 0 Å². The average molecular weight is 423 g/mol. The molecule has 26 heavy (non-hydrogen) atoms. The van der Waals surface area contributed by atoms with Crippen molar-refractivity contribution >= 4 is 44.8 Å². The van der Waals surface area contributed by atoms with Gasteiger partial charge in [-0.25, -0.2) is 8.42 Å². The molecular weight excluding hydrogens is 399 g/mol. The largest absolute Gasteiger partial charge is 0.378 e. The van der Waals surface area contributed by atoms with Crippen LogP contribution in [0.1, 0.15) is 32.1 Å². The van der Waals surface area contributed by atoms with Gasteiger partial charge in [0.1, 0.15) is 6.54 Å². The van der Waals surface area contributed by atoms with Crippen LogP contribution < -0.4 is 9.62 Å². The lowest BCUT2D eigenvalue weighted by molar-refractivity contribution is -0.119. The van der Waals surface area contributed by atoms with Gasteiger partial charge in [-0.15, -0.1) is 0 Å². The monoisotopic (exact) mass is 422 g/mol. The van der Waals surface area contributed by atoms with E-state index >= 15 is 0 Å². The third kappa shape index (κ3) is 6.30. The Balaban J connectivity index is 1.86. The Bertz CT molecular complexity index is 721. The van der Waals surface area contributed by atoms with Gasteiger partial charge in [0.05, 0.1) is 28.1 Å². The molecule has 9 heteroatoms. The molecule has 146 valence electrons. The third-order valence-electron chi connectivity index (χ3n) is 4.19. The summed E-state index contributed by atoms with van der Waals surface area (Å²) < 4.78 is 30.8. The molecule has 1 aromatic rings. The van der Waals surface area contributed by atoms with E-state index in [1.807, 2.05) is 0 Å². The number of halogens is 2. The van der Waals surface area contributed by atoms with Gasteiger partial charge >= 0.3 is 0 Å². The van der Waals surface area contributed by atoms with Crippen molar-refractivity contribution in [3.05, 3.63) is 28.2 Å². The van der Waals surface area contributed by atoms with Crippen LogP contribution in [-0.2, 0) is 19.6 Å². The number of amides is 1. The number of rotatable bonds is 9. The summed E-state index contributed by atoms with van der Waals surface area (Å²) in [4.78, 5) is 12.2. The van der Waals surface area contributed by atoms with E-state index in [1.54, 1.807) is 12.1 Å². The lowest BCUT2D eigenvalue weighted by Crippen LogP contribution is -2.41. The van der Waals surface area contributed by atoms with E-state index in [0.717, 1.165) is 23.4 Å². The van der Waals surface area contributed by atoms with Crippen molar-refractivity contribution in [1.82, 2.24) is 5.32 Å². The summed E-state index contributed by atoms with van der Waals surface area (Å²) in [7, 11) is -3.69. The van der Waals surface area contributed by atoms with Crippen LogP contribution in [0.2, 0.25) is 10.0 Å². The Hall–Kier alpha value is -1.02. The van der Waals surface area contributed by atoms with E-state index in [-0.39, 0.29) is 22.3 Å². The minimum absolute atomic E-state index is 0.0948. The van der Waals surface area contributed by atoms with Gasteiger partial charge in [0.2, 0.25) is 15.9 Å². The molecule has 0 unspecified atom stereocenters. The fourth-order valence-corrected chi connectivity index (χ4v) is 4.17. The van der Waals surface area contributed by atoms with Gasteiger partial charge in [0.15, 0.2) is 0 Å². The number of sulfonamides is 1. The summed E-state index contributed by atoms with van der Waals surface area (Å²) in [5.41, 5.74) is 0.182. The van der Waals surface area contributed by atoms with E-state index in [1.165, 1.54) is 18.9 Å². The van der Waals surface area contributed by atoms with Gasteiger partial charge < -0.3 is 10.1 Å². The number of hydrogen-bond acceptors (Lipinski definition) is 4. The first-order valence-corrected chi connectivity index (χ1v) is 11.2. The summed E-state index contributed by atoms with van der Waals surface area (Å²) in [6, 6.07) is 4.65. The van der Waals surface area contributed by atoms with Crippen molar-refractivity contribution in [2.75, 3.05) is 30.3 Å². The highest BCUT2D eigenvalue weighted by Gasteiger charge is 2.23. The predicted octanol–water partition coefficient (Wildman–Crippen LogP) is 3.22. The smallest absolute Gasteiger partial charge is 0.240 e. The van der Waals surface area contributed by atoms with Crippen LogP contribution in [0.4, 0.5) is 5.69 Å². The number of carbonyl (C=O) groups is 1. The number of anilines is 1. The van der Waals surface area contributed by atoms with E-state index < -0.39 is 15.9 Å². The minimum atomic E-state index is -3.69. The average Bonchev–Trinajstić information content (AvgIpc) is 3.07. The molecule has 0 heterocycles. The van der Waals surface area contributed by atoms with Gasteiger partial charge in [-0.2, -0.15) is 0 Å². The molecule has 0 aliphatic heterocycles. The third-order valence-corrected chi connectivity index (χ3v) is 6.12.